The molecule has 0 aliphatic rings. The first-order chi connectivity index (χ1) is 10.1. The topological polar surface area (TPSA) is 75.4 Å². The molecular formula is C15H13FN2O3. The number of aliphatic hydroxyl groups excluding tert-OH is 1. The van der Waals surface area contributed by atoms with E-state index in [4.69, 9.17) is 9.63 Å². The number of aryl methyl sites for hydroxylation is 1. The third-order valence-electron chi connectivity index (χ3n) is 2.55. The van der Waals surface area contributed by atoms with Gasteiger partial charge in [-0.1, -0.05) is 17.0 Å². The lowest BCUT2D eigenvalue weighted by atomic mass is 10.1. The van der Waals surface area contributed by atoms with E-state index in [0.29, 0.717) is 11.3 Å². The Morgan fingerprint density at radius 3 is 2.95 bits per heavy atom. The molecular weight excluding hydrogens is 275 g/mol. The van der Waals surface area contributed by atoms with Gasteiger partial charge in [-0.3, -0.25) is 10.1 Å². The van der Waals surface area contributed by atoms with Gasteiger partial charge in [0.05, 0.1) is 17.9 Å². The maximum atomic E-state index is 13.3. The van der Waals surface area contributed by atoms with Crippen molar-refractivity contribution in [3.05, 3.63) is 46.9 Å². The summed E-state index contributed by atoms with van der Waals surface area (Å²) in [5.74, 6) is 4.52. The fourth-order valence-corrected chi connectivity index (χ4v) is 1.63. The van der Waals surface area contributed by atoms with Crippen LogP contribution in [0.5, 0.6) is 0 Å². The van der Waals surface area contributed by atoms with Crippen LogP contribution >= 0.6 is 0 Å². The van der Waals surface area contributed by atoms with Crippen molar-refractivity contribution in [2.45, 2.75) is 13.3 Å². The van der Waals surface area contributed by atoms with Crippen molar-refractivity contribution < 1.29 is 18.8 Å². The van der Waals surface area contributed by atoms with Crippen molar-refractivity contribution in [2.75, 3.05) is 11.9 Å². The third-order valence-corrected chi connectivity index (χ3v) is 2.55. The quantitative estimate of drug-likeness (QED) is 0.848. The van der Waals surface area contributed by atoms with Gasteiger partial charge < -0.3 is 9.63 Å². The second kappa shape index (κ2) is 6.68. The number of carbonyl (C=O) groups is 1. The van der Waals surface area contributed by atoms with E-state index < -0.39 is 11.7 Å². The van der Waals surface area contributed by atoms with Gasteiger partial charge in [0.1, 0.15) is 5.82 Å². The first-order valence-corrected chi connectivity index (χ1v) is 6.24. The summed E-state index contributed by atoms with van der Waals surface area (Å²) >= 11 is 0. The average Bonchev–Trinajstić information content (AvgIpc) is 2.86. The monoisotopic (exact) mass is 288 g/mol. The van der Waals surface area contributed by atoms with Gasteiger partial charge in [0.25, 0.3) is 5.91 Å². The molecule has 2 aromatic rings. The molecule has 0 bridgehead atoms. The Balaban J connectivity index is 2.26. The largest absolute Gasteiger partial charge is 0.395 e. The molecule has 21 heavy (non-hydrogen) atoms. The molecule has 0 saturated heterocycles. The predicted octanol–water partition coefficient (Wildman–Crippen LogP) is 2.11. The van der Waals surface area contributed by atoms with Gasteiger partial charge in [0.15, 0.2) is 0 Å². The molecule has 2 rings (SSSR count). The highest BCUT2D eigenvalue weighted by Crippen LogP contribution is 2.15. The number of amides is 1. The molecule has 5 nitrogen and oxygen atoms in total. The zero-order valence-electron chi connectivity index (χ0n) is 11.3. The number of rotatable bonds is 3. The number of nitrogens with one attached hydrogen (secondary N) is 1. The Morgan fingerprint density at radius 1 is 1.48 bits per heavy atom. The molecule has 0 unspecified atom stereocenters. The van der Waals surface area contributed by atoms with Crippen LogP contribution < -0.4 is 5.32 Å². The van der Waals surface area contributed by atoms with Gasteiger partial charge in [-0.15, -0.1) is 0 Å². The minimum absolute atomic E-state index is 0.0763. The summed E-state index contributed by atoms with van der Waals surface area (Å²) in [5, 5.41) is 14.8. The average molecular weight is 288 g/mol. The van der Waals surface area contributed by atoms with Gasteiger partial charge in [-0.25, -0.2) is 4.39 Å². The van der Waals surface area contributed by atoms with E-state index in [2.05, 4.69) is 22.3 Å². The number of hydrogen-bond donors (Lipinski definition) is 2. The molecule has 2 N–H and O–H groups in total. The van der Waals surface area contributed by atoms with E-state index in [-0.39, 0.29) is 24.5 Å². The van der Waals surface area contributed by atoms with Crippen LogP contribution in [0.1, 0.15) is 28.0 Å². The van der Waals surface area contributed by atoms with E-state index in [9.17, 15) is 9.18 Å². The second-order valence-electron chi connectivity index (χ2n) is 4.25. The summed E-state index contributed by atoms with van der Waals surface area (Å²) in [6.07, 6.45) is 0.278. The van der Waals surface area contributed by atoms with Crippen molar-refractivity contribution >= 4 is 11.8 Å². The van der Waals surface area contributed by atoms with Crippen LogP contribution in [0.3, 0.4) is 0 Å². The Kier molecular flexibility index (Phi) is 4.69. The molecule has 0 saturated carbocycles. The minimum Gasteiger partial charge on any atom is -0.395 e. The Labute approximate surface area is 120 Å². The number of halogens is 1. The van der Waals surface area contributed by atoms with Crippen molar-refractivity contribution in [1.82, 2.24) is 5.16 Å². The summed E-state index contributed by atoms with van der Waals surface area (Å²) in [6.45, 7) is 1.64. The number of hydrogen-bond acceptors (Lipinski definition) is 4. The minimum atomic E-state index is -0.543. The molecule has 0 radical (unpaired) electrons. The molecule has 1 aromatic heterocycles. The first-order valence-electron chi connectivity index (χ1n) is 6.24. The molecule has 1 amide bonds. The highest BCUT2D eigenvalue weighted by atomic mass is 19.1. The smallest absolute Gasteiger partial charge is 0.259 e. The number of nitrogens with zero attached hydrogens (tertiary/aromatic N) is 1. The maximum Gasteiger partial charge on any atom is 0.259 e. The summed E-state index contributed by atoms with van der Waals surface area (Å²) < 4.78 is 18.2. The fourth-order valence-electron chi connectivity index (χ4n) is 1.63. The second-order valence-corrected chi connectivity index (χ2v) is 4.25. The van der Waals surface area contributed by atoms with Crippen LogP contribution in [-0.4, -0.2) is 22.8 Å². The van der Waals surface area contributed by atoms with Crippen LogP contribution in [0, 0.1) is 24.6 Å². The van der Waals surface area contributed by atoms with E-state index >= 15 is 0 Å². The lowest BCUT2D eigenvalue weighted by Crippen LogP contribution is -2.13. The van der Waals surface area contributed by atoms with E-state index in [1.54, 1.807) is 13.0 Å². The number of carbonyl (C=O) groups excluding carboxylic acids is 1. The van der Waals surface area contributed by atoms with Gasteiger partial charge in [0, 0.05) is 18.1 Å². The zero-order valence-corrected chi connectivity index (χ0v) is 11.3. The number of aliphatic hydroxyl groups is 1. The molecule has 1 aromatic carbocycles. The van der Waals surface area contributed by atoms with Crippen LogP contribution in [0.25, 0.3) is 0 Å². The van der Waals surface area contributed by atoms with E-state index in [1.807, 2.05) is 0 Å². The highest BCUT2D eigenvalue weighted by molar-refractivity contribution is 6.05. The Bertz CT molecular complexity index is 713. The fraction of sp³-hybridized carbons (Fsp3) is 0.200. The molecule has 0 fully saturated rings. The van der Waals surface area contributed by atoms with Crippen LogP contribution in [0.2, 0.25) is 0 Å². The number of benzene rings is 1. The van der Waals surface area contributed by atoms with Crippen LogP contribution in [0.15, 0.2) is 28.8 Å². The van der Waals surface area contributed by atoms with Gasteiger partial charge >= 0.3 is 0 Å². The van der Waals surface area contributed by atoms with E-state index in [0.717, 1.165) is 6.07 Å². The molecule has 1 heterocycles. The molecule has 108 valence electrons. The molecule has 0 spiro atoms. The van der Waals surface area contributed by atoms with Crippen molar-refractivity contribution in [3.63, 3.8) is 0 Å². The van der Waals surface area contributed by atoms with Crippen molar-refractivity contribution in [2.24, 2.45) is 0 Å². The SMILES string of the molecule is Cc1cc(NC(=O)c2cc(F)ccc2C#CCCO)on1. The van der Waals surface area contributed by atoms with Gasteiger partial charge in [0.2, 0.25) is 5.88 Å². The molecule has 0 aliphatic carbocycles. The van der Waals surface area contributed by atoms with Crippen LogP contribution in [-0.2, 0) is 0 Å². The summed E-state index contributed by atoms with van der Waals surface area (Å²) in [6, 6.07) is 5.29. The molecule has 6 heteroatoms. The predicted molar refractivity (Wildman–Crippen MR) is 74.2 cm³/mol. The van der Waals surface area contributed by atoms with Crippen molar-refractivity contribution in [1.29, 1.82) is 0 Å². The third kappa shape index (κ3) is 3.91. The molecule has 0 atom stereocenters. The summed E-state index contributed by atoms with van der Waals surface area (Å²) in [5.41, 5.74) is 1.08. The number of anilines is 1. The van der Waals surface area contributed by atoms with Crippen LogP contribution in [0.4, 0.5) is 10.3 Å². The lowest BCUT2D eigenvalue weighted by molar-refractivity contribution is 0.102. The number of aromatic nitrogens is 1. The highest BCUT2D eigenvalue weighted by Gasteiger charge is 2.13. The summed E-state index contributed by atoms with van der Waals surface area (Å²) in [7, 11) is 0. The van der Waals surface area contributed by atoms with Gasteiger partial charge in [-0.05, 0) is 25.1 Å². The lowest BCUT2D eigenvalue weighted by Gasteiger charge is -2.04. The summed E-state index contributed by atoms with van der Waals surface area (Å²) in [4.78, 5) is 12.1. The van der Waals surface area contributed by atoms with E-state index in [1.165, 1.54) is 12.1 Å². The normalized spacial score (nSPS) is 9.86. The maximum absolute atomic E-state index is 13.3. The zero-order chi connectivity index (χ0) is 15.2. The first kappa shape index (κ1) is 14.8. The Morgan fingerprint density at radius 2 is 2.29 bits per heavy atom. The van der Waals surface area contributed by atoms with Gasteiger partial charge in [-0.2, -0.15) is 0 Å². The molecule has 0 aliphatic heterocycles. The standard InChI is InChI=1S/C15H13FN2O3/c1-10-8-14(21-18-10)17-15(20)13-9-12(16)6-5-11(13)4-2-3-7-19/h5-6,8-9,19H,3,7H2,1H3,(H,17,20). The Hall–Kier alpha value is -2.65. The van der Waals surface area contributed by atoms with Crippen molar-refractivity contribution in [3.8, 4) is 11.8 Å².